The van der Waals surface area contributed by atoms with Crippen LogP contribution < -0.4 is 10.2 Å². The van der Waals surface area contributed by atoms with Crippen molar-refractivity contribution in [2.24, 2.45) is 0 Å². The number of hydrogen-bond donors (Lipinski definition) is 1. The number of nitrogens with zero attached hydrogens (tertiary/aromatic N) is 5. The second kappa shape index (κ2) is 9.76. The average molecular weight is 491 g/mol. The molecule has 3 heterocycles. The Morgan fingerprint density at radius 1 is 1.23 bits per heavy atom. The zero-order valence-electron chi connectivity index (χ0n) is 16.7. The fourth-order valence-electron chi connectivity index (χ4n) is 3.27. The summed E-state index contributed by atoms with van der Waals surface area (Å²) in [7, 11) is 0. The van der Waals surface area contributed by atoms with Gasteiger partial charge in [-0.15, -0.1) is 0 Å². The number of halogens is 1. The molecule has 0 radical (unpaired) electrons. The summed E-state index contributed by atoms with van der Waals surface area (Å²) in [6.45, 7) is 6.06. The molecule has 30 heavy (non-hydrogen) atoms. The van der Waals surface area contributed by atoms with Crippen LogP contribution in [0.2, 0.25) is 0 Å². The van der Waals surface area contributed by atoms with E-state index in [1.165, 1.54) is 0 Å². The quantitative estimate of drug-likeness (QED) is 0.402. The van der Waals surface area contributed by atoms with Gasteiger partial charge in [0.05, 0.1) is 31.3 Å². The first-order valence-electron chi connectivity index (χ1n) is 9.88. The van der Waals surface area contributed by atoms with E-state index in [1.54, 1.807) is 23.9 Å². The van der Waals surface area contributed by atoms with E-state index in [0.29, 0.717) is 31.9 Å². The molecule has 0 spiro atoms. The molecule has 8 nitrogen and oxygen atoms in total. The van der Waals surface area contributed by atoms with Crippen molar-refractivity contribution in [2.45, 2.75) is 18.6 Å². The zero-order chi connectivity index (χ0) is 20.9. The number of amides is 1. The van der Waals surface area contributed by atoms with Gasteiger partial charge in [-0.3, -0.25) is 4.79 Å². The van der Waals surface area contributed by atoms with Gasteiger partial charge in [-0.25, -0.2) is 14.6 Å². The predicted molar refractivity (Wildman–Crippen MR) is 121 cm³/mol. The van der Waals surface area contributed by atoms with E-state index < -0.39 is 0 Å². The van der Waals surface area contributed by atoms with Gasteiger partial charge in [-0.2, -0.15) is 5.10 Å². The number of hydrogen-bond acceptors (Lipinski definition) is 7. The van der Waals surface area contributed by atoms with Crippen molar-refractivity contribution >= 4 is 50.5 Å². The monoisotopic (exact) mass is 490 g/mol. The number of carbonyl (C=O) groups is 1. The summed E-state index contributed by atoms with van der Waals surface area (Å²) < 4.78 is 8.26. The van der Waals surface area contributed by atoms with Crippen molar-refractivity contribution in [2.75, 3.05) is 43.5 Å². The van der Waals surface area contributed by atoms with Crippen LogP contribution in [0.1, 0.15) is 17.3 Å². The van der Waals surface area contributed by atoms with Gasteiger partial charge in [0.15, 0.2) is 10.8 Å². The lowest BCUT2D eigenvalue weighted by molar-refractivity contribution is 0.0952. The first kappa shape index (κ1) is 21.1. The van der Waals surface area contributed by atoms with Crippen LogP contribution in [-0.2, 0) is 11.3 Å². The summed E-state index contributed by atoms with van der Waals surface area (Å²) >= 11 is 4.99. The number of aromatic nitrogens is 4. The van der Waals surface area contributed by atoms with Crippen molar-refractivity contribution in [3.8, 4) is 0 Å². The van der Waals surface area contributed by atoms with Crippen LogP contribution >= 0.6 is 27.7 Å². The number of carbonyl (C=O) groups excluding carboxylic acids is 1. The number of nitrogens with one attached hydrogen (secondary N) is 1. The minimum atomic E-state index is -0.107. The van der Waals surface area contributed by atoms with Crippen LogP contribution in [0, 0.1) is 0 Å². The zero-order valence-corrected chi connectivity index (χ0v) is 19.1. The number of fused-ring (bicyclic) bond motifs is 1. The molecule has 1 fully saturated rings. The van der Waals surface area contributed by atoms with Crippen molar-refractivity contribution < 1.29 is 9.53 Å². The molecule has 1 saturated heterocycles. The Morgan fingerprint density at radius 2 is 2.00 bits per heavy atom. The SMILES string of the molecule is CCSc1nc(N2CCOCC2)c2cnn(CCNC(=O)c3ccc(Br)cc3)c2n1. The molecule has 1 aliphatic rings. The topological polar surface area (TPSA) is 85.2 Å². The number of morpholine rings is 1. The average Bonchev–Trinajstić information content (AvgIpc) is 3.17. The van der Waals surface area contributed by atoms with E-state index in [2.05, 4.69) is 38.2 Å². The highest BCUT2D eigenvalue weighted by molar-refractivity contribution is 9.10. The Bertz CT molecular complexity index is 1020. The Kier molecular flexibility index (Phi) is 6.86. The van der Waals surface area contributed by atoms with Crippen LogP contribution in [-0.4, -0.2) is 64.3 Å². The highest BCUT2D eigenvalue weighted by atomic mass is 79.9. The maximum Gasteiger partial charge on any atom is 0.251 e. The molecular weight excluding hydrogens is 468 g/mol. The third-order valence-electron chi connectivity index (χ3n) is 4.76. The second-order valence-electron chi connectivity index (χ2n) is 6.73. The molecule has 0 atom stereocenters. The largest absolute Gasteiger partial charge is 0.378 e. The molecule has 3 aromatic rings. The highest BCUT2D eigenvalue weighted by Crippen LogP contribution is 2.27. The number of anilines is 1. The van der Waals surface area contributed by atoms with Gasteiger partial charge in [-0.05, 0) is 30.0 Å². The normalized spacial score (nSPS) is 14.3. The predicted octanol–water partition coefficient (Wildman–Crippen LogP) is 2.97. The molecule has 1 amide bonds. The van der Waals surface area contributed by atoms with E-state index in [4.69, 9.17) is 14.7 Å². The van der Waals surface area contributed by atoms with Crippen molar-refractivity contribution in [1.82, 2.24) is 25.1 Å². The first-order valence-corrected chi connectivity index (χ1v) is 11.7. The van der Waals surface area contributed by atoms with E-state index in [0.717, 1.165) is 45.3 Å². The summed E-state index contributed by atoms with van der Waals surface area (Å²) in [6, 6.07) is 7.29. The first-order chi connectivity index (χ1) is 14.7. The smallest absolute Gasteiger partial charge is 0.251 e. The van der Waals surface area contributed by atoms with E-state index >= 15 is 0 Å². The van der Waals surface area contributed by atoms with Crippen LogP contribution in [0.15, 0.2) is 40.1 Å². The number of thioether (sulfide) groups is 1. The van der Waals surface area contributed by atoms with E-state index in [9.17, 15) is 4.79 Å². The van der Waals surface area contributed by atoms with Crippen molar-refractivity contribution in [3.63, 3.8) is 0 Å². The molecular formula is C20H23BrN6O2S. The molecule has 0 bridgehead atoms. The molecule has 10 heteroatoms. The Morgan fingerprint density at radius 3 is 2.73 bits per heavy atom. The fraction of sp³-hybridized carbons (Fsp3) is 0.400. The summed E-state index contributed by atoms with van der Waals surface area (Å²) in [4.78, 5) is 24.1. The molecule has 0 aliphatic carbocycles. The Hall–Kier alpha value is -2.17. The summed E-state index contributed by atoms with van der Waals surface area (Å²) in [5, 5.41) is 9.14. The molecule has 0 saturated carbocycles. The minimum Gasteiger partial charge on any atom is -0.378 e. The molecule has 1 aliphatic heterocycles. The standard InChI is InChI=1S/C20H23BrN6O2S/c1-2-30-20-24-17(26-9-11-29-12-10-26)16-13-23-27(18(16)25-20)8-7-22-19(28)14-3-5-15(21)6-4-14/h3-6,13H,2,7-12H2,1H3,(H,22,28). The summed E-state index contributed by atoms with van der Waals surface area (Å²) in [5.74, 6) is 1.69. The highest BCUT2D eigenvalue weighted by Gasteiger charge is 2.20. The van der Waals surface area contributed by atoms with Gasteiger partial charge in [-0.1, -0.05) is 34.6 Å². The Balaban J connectivity index is 1.51. The molecule has 4 rings (SSSR count). The van der Waals surface area contributed by atoms with Gasteiger partial charge in [0.1, 0.15) is 5.82 Å². The molecule has 1 N–H and O–H groups in total. The van der Waals surface area contributed by atoms with Gasteiger partial charge in [0, 0.05) is 29.7 Å². The third kappa shape index (κ3) is 4.76. The van der Waals surface area contributed by atoms with E-state index in [-0.39, 0.29) is 5.91 Å². The number of ether oxygens (including phenoxy) is 1. The van der Waals surface area contributed by atoms with E-state index in [1.807, 2.05) is 23.0 Å². The van der Waals surface area contributed by atoms with Gasteiger partial charge in [0.25, 0.3) is 5.91 Å². The van der Waals surface area contributed by atoms with Crippen molar-refractivity contribution in [1.29, 1.82) is 0 Å². The van der Waals surface area contributed by atoms with Gasteiger partial charge < -0.3 is 15.0 Å². The summed E-state index contributed by atoms with van der Waals surface area (Å²) in [5.41, 5.74) is 1.42. The number of benzene rings is 1. The maximum absolute atomic E-state index is 12.3. The third-order valence-corrected chi connectivity index (χ3v) is 6.01. The van der Waals surface area contributed by atoms with Crippen LogP contribution in [0.4, 0.5) is 5.82 Å². The minimum absolute atomic E-state index is 0.107. The maximum atomic E-state index is 12.3. The van der Waals surface area contributed by atoms with Gasteiger partial charge >= 0.3 is 0 Å². The lowest BCUT2D eigenvalue weighted by Crippen LogP contribution is -2.37. The lowest BCUT2D eigenvalue weighted by Gasteiger charge is -2.28. The number of rotatable bonds is 7. The van der Waals surface area contributed by atoms with Gasteiger partial charge in [0.2, 0.25) is 0 Å². The lowest BCUT2D eigenvalue weighted by atomic mass is 10.2. The molecule has 1 aromatic carbocycles. The summed E-state index contributed by atoms with van der Waals surface area (Å²) in [6.07, 6.45) is 1.82. The molecule has 0 unspecified atom stereocenters. The Labute approximate surface area is 187 Å². The van der Waals surface area contributed by atoms with Crippen LogP contribution in [0.3, 0.4) is 0 Å². The molecule has 2 aromatic heterocycles. The molecule has 158 valence electrons. The fourth-order valence-corrected chi connectivity index (χ4v) is 4.10. The van der Waals surface area contributed by atoms with Crippen molar-refractivity contribution in [3.05, 3.63) is 40.5 Å². The van der Waals surface area contributed by atoms with Crippen LogP contribution in [0.5, 0.6) is 0 Å². The van der Waals surface area contributed by atoms with Crippen LogP contribution in [0.25, 0.3) is 11.0 Å². The second-order valence-corrected chi connectivity index (χ2v) is 8.88.